The average Bonchev–Trinajstić information content (AvgIpc) is 2.70. The first kappa shape index (κ1) is 20.2. The van der Waals surface area contributed by atoms with Crippen LogP contribution >= 0.6 is 11.6 Å². The Balaban J connectivity index is 1.65. The van der Waals surface area contributed by atoms with Crippen molar-refractivity contribution in [1.29, 1.82) is 0 Å². The highest BCUT2D eigenvalue weighted by atomic mass is 35.5. The second-order valence-electron chi connectivity index (χ2n) is 6.90. The Bertz CT molecular complexity index is 922. The Kier molecular flexibility index (Phi) is 6.96. The van der Waals surface area contributed by atoms with Gasteiger partial charge in [-0.25, -0.2) is 0 Å². The molecule has 0 aromatic heterocycles. The van der Waals surface area contributed by atoms with Gasteiger partial charge >= 0.3 is 0 Å². The third-order valence-electron chi connectivity index (χ3n) is 4.74. The molecule has 0 saturated carbocycles. The van der Waals surface area contributed by atoms with E-state index in [2.05, 4.69) is 55.6 Å². The second-order valence-corrected chi connectivity index (χ2v) is 7.31. The minimum absolute atomic E-state index is 0.477. The van der Waals surface area contributed by atoms with Crippen LogP contribution in [-0.4, -0.2) is 7.11 Å². The lowest BCUT2D eigenvalue weighted by Crippen LogP contribution is -2.13. The summed E-state index contributed by atoms with van der Waals surface area (Å²) in [7, 11) is 1.65. The molecule has 28 heavy (non-hydrogen) atoms. The maximum Gasteiger partial charge on any atom is 0.163 e. The van der Waals surface area contributed by atoms with Gasteiger partial charge < -0.3 is 14.8 Å². The molecule has 0 radical (unpaired) electrons. The van der Waals surface area contributed by atoms with Crippen LogP contribution in [0.1, 0.15) is 27.8 Å². The third kappa shape index (κ3) is 5.28. The van der Waals surface area contributed by atoms with Crippen LogP contribution in [0.3, 0.4) is 0 Å². The molecule has 0 atom stereocenters. The molecular weight excluding hydrogens is 370 g/mol. The fraction of sp³-hybridized carbons (Fsp3) is 0.250. The van der Waals surface area contributed by atoms with Gasteiger partial charge in [-0.3, -0.25) is 0 Å². The number of rotatable bonds is 8. The van der Waals surface area contributed by atoms with E-state index in [1.165, 1.54) is 16.7 Å². The summed E-state index contributed by atoms with van der Waals surface area (Å²) in [6, 6.07) is 20.5. The molecule has 0 bridgehead atoms. The highest BCUT2D eigenvalue weighted by Gasteiger charge is 2.11. The maximum atomic E-state index is 6.50. The molecule has 146 valence electrons. The molecule has 0 heterocycles. The molecule has 0 aliphatic carbocycles. The average molecular weight is 396 g/mol. The van der Waals surface area contributed by atoms with E-state index in [-0.39, 0.29) is 0 Å². The molecule has 0 unspecified atom stereocenters. The summed E-state index contributed by atoms with van der Waals surface area (Å²) >= 11 is 6.50. The van der Waals surface area contributed by atoms with Gasteiger partial charge in [-0.15, -0.1) is 0 Å². The zero-order valence-electron chi connectivity index (χ0n) is 16.6. The normalized spacial score (nSPS) is 10.7. The molecule has 3 nitrogen and oxygen atoms in total. The second kappa shape index (κ2) is 9.63. The topological polar surface area (TPSA) is 30.5 Å². The molecule has 0 aliphatic rings. The highest BCUT2D eigenvalue weighted by molar-refractivity contribution is 6.31. The SMILES string of the molecule is COc1cc(CNCc2ccc(C)cc2)c(Cl)cc1OCc1ccccc1C. The van der Waals surface area contributed by atoms with Crippen molar-refractivity contribution in [3.8, 4) is 11.5 Å². The summed E-state index contributed by atoms with van der Waals surface area (Å²) in [5.74, 6) is 1.34. The monoisotopic (exact) mass is 395 g/mol. The van der Waals surface area contributed by atoms with E-state index in [1.807, 2.05) is 24.3 Å². The van der Waals surface area contributed by atoms with Crippen molar-refractivity contribution in [2.45, 2.75) is 33.5 Å². The molecule has 3 aromatic carbocycles. The predicted molar refractivity (Wildman–Crippen MR) is 115 cm³/mol. The zero-order chi connectivity index (χ0) is 19.9. The van der Waals surface area contributed by atoms with Gasteiger partial charge in [-0.2, -0.15) is 0 Å². The minimum atomic E-state index is 0.477. The van der Waals surface area contributed by atoms with Crippen LogP contribution in [0.5, 0.6) is 11.5 Å². The predicted octanol–water partition coefficient (Wildman–Crippen LogP) is 5.83. The van der Waals surface area contributed by atoms with Crippen LogP contribution in [0.2, 0.25) is 5.02 Å². The molecule has 3 rings (SSSR count). The molecule has 0 aliphatic heterocycles. The van der Waals surface area contributed by atoms with Gasteiger partial charge in [0.1, 0.15) is 6.61 Å². The van der Waals surface area contributed by atoms with E-state index < -0.39 is 0 Å². The van der Waals surface area contributed by atoms with Gasteiger partial charge in [0.15, 0.2) is 11.5 Å². The minimum Gasteiger partial charge on any atom is -0.493 e. The van der Waals surface area contributed by atoms with Crippen LogP contribution in [0, 0.1) is 13.8 Å². The van der Waals surface area contributed by atoms with Crippen LogP contribution in [-0.2, 0) is 19.7 Å². The van der Waals surface area contributed by atoms with Crippen molar-refractivity contribution < 1.29 is 9.47 Å². The van der Waals surface area contributed by atoms with Crippen molar-refractivity contribution in [1.82, 2.24) is 5.32 Å². The van der Waals surface area contributed by atoms with E-state index in [1.54, 1.807) is 7.11 Å². The maximum absolute atomic E-state index is 6.50. The number of halogens is 1. The standard InChI is InChI=1S/C24H26ClNO2/c1-17-8-10-19(11-9-17)14-26-15-21-12-23(27-3)24(13-22(21)25)28-16-20-7-5-4-6-18(20)2/h4-13,26H,14-16H2,1-3H3. The third-order valence-corrected chi connectivity index (χ3v) is 5.09. The number of hydrogen-bond acceptors (Lipinski definition) is 3. The molecule has 3 aromatic rings. The Hall–Kier alpha value is -2.49. The summed E-state index contributed by atoms with van der Waals surface area (Å²) in [5, 5.41) is 4.10. The fourth-order valence-corrected chi connectivity index (χ4v) is 3.18. The van der Waals surface area contributed by atoms with Crippen molar-refractivity contribution in [3.05, 3.63) is 93.5 Å². The van der Waals surface area contributed by atoms with Crippen molar-refractivity contribution >= 4 is 11.6 Å². The Morgan fingerprint density at radius 1 is 0.857 bits per heavy atom. The van der Waals surface area contributed by atoms with E-state index in [0.29, 0.717) is 29.7 Å². The van der Waals surface area contributed by atoms with E-state index >= 15 is 0 Å². The highest BCUT2D eigenvalue weighted by Crippen LogP contribution is 2.34. The molecular formula is C24H26ClNO2. The molecule has 1 N–H and O–H groups in total. The first-order valence-electron chi connectivity index (χ1n) is 9.37. The summed E-state index contributed by atoms with van der Waals surface area (Å²) in [4.78, 5) is 0. The van der Waals surface area contributed by atoms with Crippen LogP contribution < -0.4 is 14.8 Å². The first-order valence-corrected chi connectivity index (χ1v) is 9.74. The quantitative estimate of drug-likeness (QED) is 0.520. The number of ether oxygens (including phenoxy) is 2. The summed E-state index contributed by atoms with van der Waals surface area (Å²) < 4.78 is 11.5. The Labute approximate surface area is 172 Å². The van der Waals surface area contributed by atoms with E-state index in [4.69, 9.17) is 21.1 Å². The lowest BCUT2D eigenvalue weighted by molar-refractivity contribution is 0.283. The number of hydrogen-bond donors (Lipinski definition) is 1. The zero-order valence-corrected chi connectivity index (χ0v) is 17.3. The van der Waals surface area contributed by atoms with Gasteiger partial charge in [0, 0.05) is 24.2 Å². The van der Waals surface area contributed by atoms with Gasteiger partial charge in [-0.05, 0) is 42.2 Å². The number of methoxy groups -OCH3 is 1. The van der Waals surface area contributed by atoms with Crippen LogP contribution in [0.15, 0.2) is 60.7 Å². The van der Waals surface area contributed by atoms with Crippen molar-refractivity contribution in [3.63, 3.8) is 0 Å². The molecule has 0 spiro atoms. The van der Waals surface area contributed by atoms with E-state index in [0.717, 1.165) is 17.7 Å². The fourth-order valence-electron chi connectivity index (χ4n) is 2.96. The molecule has 0 amide bonds. The summed E-state index contributed by atoms with van der Waals surface area (Å²) in [6.45, 7) is 6.08. The molecule has 4 heteroatoms. The summed E-state index contributed by atoms with van der Waals surface area (Å²) in [5.41, 5.74) is 5.83. The smallest absolute Gasteiger partial charge is 0.163 e. The van der Waals surface area contributed by atoms with Crippen molar-refractivity contribution in [2.24, 2.45) is 0 Å². The Morgan fingerprint density at radius 3 is 2.32 bits per heavy atom. The lowest BCUT2D eigenvalue weighted by atomic mass is 10.1. The first-order chi connectivity index (χ1) is 13.6. The van der Waals surface area contributed by atoms with Gasteiger partial charge in [0.05, 0.1) is 7.11 Å². The molecule has 0 saturated heterocycles. The number of nitrogens with one attached hydrogen (secondary N) is 1. The Morgan fingerprint density at radius 2 is 1.61 bits per heavy atom. The van der Waals surface area contributed by atoms with Gasteiger partial charge in [0.25, 0.3) is 0 Å². The number of benzene rings is 3. The molecule has 0 fully saturated rings. The summed E-state index contributed by atoms with van der Waals surface area (Å²) in [6.07, 6.45) is 0. The van der Waals surface area contributed by atoms with Crippen LogP contribution in [0.4, 0.5) is 0 Å². The number of aryl methyl sites for hydroxylation is 2. The lowest BCUT2D eigenvalue weighted by Gasteiger charge is -2.15. The largest absolute Gasteiger partial charge is 0.493 e. The van der Waals surface area contributed by atoms with Crippen molar-refractivity contribution in [2.75, 3.05) is 7.11 Å². The van der Waals surface area contributed by atoms with Crippen LogP contribution in [0.25, 0.3) is 0 Å². The van der Waals surface area contributed by atoms with Gasteiger partial charge in [0.2, 0.25) is 0 Å². The van der Waals surface area contributed by atoms with Gasteiger partial charge in [-0.1, -0.05) is 65.7 Å². The van der Waals surface area contributed by atoms with E-state index in [9.17, 15) is 0 Å².